The second-order valence-electron chi connectivity index (χ2n) is 6.10. The standard InChI is InChI=1S/C19H20N2O4S/c1-12-4-5-14-10-15(19(22)21-18(14)13(12)2)11-20-26(23,24)17-8-6-16(25-3)7-9-17/h4-10,20H,11H2,1-3H3,(H,21,22). The van der Waals surface area contributed by atoms with Gasteiger partial charge in [-0.15, -0.1) is 0 Å². The van der Waals surface area contributed by atoms with Gasteiger partial charge in [-0.1, -0.05) is 12.1 Å². The molecule has 0 amide bonds. The maximum atomic E-state index is 12.4. The van der Waals surface area contributed by atoms with Gasteiger partial charge in [0, 0.05) is 12.1 Å². The molecule has 0 aliphatic carbocycles. The van der Waals surface area contributed by atoms with E-state index in [1.54, 1.807) is 18.2 Å². The largest absolute Gasteiger partial charge is 0.497 e. The molecular weight excluding hydrogens is 352 g/mol. The summed E-state index contributed by atoms with van der Waals surface area (Å²) >= 11 is 0. The monoisotopic (exact) mass is 372 g/mol. The number of benzene rings is 2. The van der Waals surface area contributed by atoms with Crippen molar-refractivity contribution < 1.29 is 13.2 Å². The average Bonchev–Trinajstić information content (AvgIpc) is 2.64. The summed E-state index contributed by atoms with van der Waals surface area (Å²) in [6, 6.07) is 11.7. The van der Waals surface area contributed by atoms with E-state index in [-0.39, 0.29) is 17.0 Å². The first kappa shape index (κ1) is 18.2. The first-order valence-electron chi connectivity index (χ1n) is 8.07. The number of H-pyrrole nitrogens is 1. The second-order valence-corrected chi connectivity index (χ2v) is 7.86. The van der Waals surface area contributed by atoms with Gasteiger partial charge >= 0.3 is 0 Å². The van der Waals surface area contributed by atoms with Crippen molar-refractivity contribution in [3.8, 4) is 5.75 Å². The topological polar surface area (TPSA) is 88.3 Å². The summed E-state index contributed by atoms with van der Waals surface area (Å²) in [6.45, 7) is 3.83. The number of rotatable bonds is 5. The minimum absolute atomic E-state index is 0.0907. The fourth-order valence-corrected chi connectivity index (χ4v) is 3.72. The van der Waals surface area contributed by atoms with Crippen LogP contribution in [0, 0.1) is 13.8 Å². The Morgan fingerprint density at radius 1 is 1.08 bits per heavy atom. The van der Waals surface area contributed by atoms with Crippen LogP contribution in [0.3, 0.4) is 0 Å². The summed E-state index contributed by atoms with van der Waals surface area (Å²) in [6.07, 6.45) is 0. The number of nitrogens with one attached hydrogen (secondary N) is 2. The molecule has 0 atom stereocenters. The number of aryl methyl sites for hydroxylation is 2. The Hall–Kier alpha value is -2.64. The third kappa shape index (κ3) is 3.49. The molecule has 3 aromatic rings. The van der Waals surface area contributed by atoms with Crippen molar-refractivity contribution in [1.29, 1.82) is 0 Å². The summed E-state index contributed by atoms with van der Waals surface area (Å²) in [4.78, 5) is 15.3. The van der Waals surface area contributed by atoms with Gasteiger partial charge in [0.05, 0.1) is 17.5 Å². The van der Waals surface area contributed by atoms with Gasteiger partial charge in [-0.05, 0) is 60.7 Å². The second kappa shape index (κ2) is 6.93. The highest BCUT2D eigenvalue weighted by Crippen LogP contribution is 2.19. The van der Waals surface area contributed by atoms with E-state index in [4.69, 9.17) is 4.74 Å². The molecule has 2 N–H and O–H groups in total. The molecule has 0 unspecified atom stereocenters. The van der Waals surface area contributed by atoms with Crippen LogP contribution in [0.2, 0.25) is 0 Å². The maximum Gasteiger partial charge on any atom is 0.252 e. The Morgan fingerprint density at radius 3 is 2.42 bits per heavy atom. The van der Waals surface area contributed by atoms with E-state index in [1.807, 2.05) is 26.0 Å². The highest BCUT2D eigenvalue weighted by atomic mass is 32.2. The molecule has 0 saturated carbocycles. The lowest BCUT2D eigenvalue weighted by atomic mass is 10.0. The van der Waals surface area contributed by atoms with E-state index >= 15 is 0 Å². The van der Waals surface area contributed by atoms with E-state index < -0.39 is 10.0 Å². The first-order valence-corrected chi connectivity index (χ1v) is 9.56. The van der Waals surface area contributed by atoms with Crippen LogP contribution in [0.1, 0.15) is 16.7 Å². The van der Waals surface area contributed by atoms with Crippen molar-refractivity contribution >= 4 is 20.9 Å². The Kier molecular flexibility index (Phi) is 4.84. The molecule has 3 rings (SSSR count). The number of methoxy groups -OCH3 is 1. The van der Waals surface area contributed by atoms with Crippen LogP contribution in [0.4, 0.5) is 0 Å². The van der Waals surface area contributed by atoms with Gasteiger partial charge in [-0.25, -0.2) is 13.1 Å². The predicted molar refractivity (Wildman–Crippen MR) is 101 cm³/mol. The fraction of sp³-hybridized carbons (Fsp3) is 0.211. The molecule has 2 aromatic carbocycles. The molecule has 0 aliphatic rings. The number of aromatic nitrogens is 1. The van der Waals surface area contributed by atoms with E-state index in [0.717, 1.165) is 22.0 Å². The van der Waals surface area contributed by atoms with Gasteiger partial charge < -0.3 is 9.72 Å². The summed E-state index contributed by atoms with van der Waals surface area (Å²) in [7, 11) is -2.22. The lowest BCUT2D eigenvalue weighted by Crippen LogP contribution is -2.27. The van der Waals surface area contributed by atoms with Gasteiger partial charge in [0.15, 0.2) is 0 Å². The minimum Gasteiger partial charge on any atom is -0.497 e. The van der Waals surface area contributed by atoms with Crippen molar-refractivity contribution in [3.63, 3.8) is 0 Å². The Balaban J connectivity index is 1.88. The average molecular weight is 372 g/mol. The number of ether oxygens (including phenoxy) is 1. The highest BCUT2D eigenvalue weighted by Gasteiger charge is 2.15. The molecule has 26 heavy (non-hydrogen) atoms. The summed E-state index contributed by atoms with van der Waals surface area (Å²) in [5.74, 6) is 0.570. The van der Waals surface area contributed by atoms with Crippen molar-refractivity contribution in [3.05, 3.63) is 69.5 Å². The molecule has 0 spiro atoms. The number of fused-ring (bicyclic) bond motifs is 1. The molecule has 0 radical (unpaired) electrons. The van der Waals surface area contributed by atoms with Crippen LogP contribution in [0.5, 0.6) is 5.75 Å². The summed E-state index contributed by atoms with van der Waals surface area (Å²) in [5.41, 5.74) is 2.92. The maximum absolute atomic E-state index is 12.4. The zero-order valence-corrected chi connectivity index (χ0v) is 15.6. The number of pyridine rings is 1. The van der Waals surface area contributed by atoms with Crippen LogP contribution in [-0.4, -0.2) is 20.5 Å². The van der Waals surface area contributed by atoms with Gasteiger partial charge in [0.1, 0.15) is 5.75 Å². The quantitative estimate of drug-likeness (QED) is 0.721. The lowest BCUT2D eigenvalue weighted by Gasteiger charge is -2.10. The van der Waals surface area contributed by atoms with Crippen LogP contribution in [-0.2, 0) is 16.6 Å². The lowest BCUT2D eigenvalue weighted by molar-refractivity contribution is 0.414. The fourth-order valence-electron chi connectivity index (χ4n) is 2.71. The van der Waals surface area contributed by atoms with Crippen LogP contribution >= 0.6 is 0 Å². The van der Waals surface area contributed by atoms with E-state index in [2.05, 4.69) is 9.71 Å². The van der Waals surface area contributed by atoms with Crippen molar-refractivity contribution in [2.45, 2.75) is 25.3 Å². The smallest absolute Gasteiger partial charge is 0.252 e. The Labute approximate surface area is 151 Å². The van der Waals surface area contributed by atoms with Crippen LogP contribution < -0.4 is 15.0 Å². The predicted octanol–water partition coefficient (Wildman–Crippen LogP) is 2.63. The SMILES string of the molecule is COc1ccc(S(=O)(=O)NCc2cc3ccc(C)c(C)c3[nH]c2=O)cc1. The number of hydrogen-bond donors (Lipinski definition) is 2. The number of hydrogen-bond acceptors (Lipinski definition) is 4. The van der Waals surface area contributed by atoms with Crippen LogP contribution in [0.15, 0.2) is 52.2 Å². The molecule has 7 heteroatoms. The molecule has 136 valence electrons. The summed E-state index contributed by atoms with van der Waals surface area (Å²) in [5, 5.41) is 0.867. The van der Waals surface area contributed by atoms with E-state index in [0.29, 0.717) is 11.3 Å². The molecule has 6 nitrogen and oxygen atoms in total. The van der Waals surface area contributed by atoms with Crippen molar-refractivity contribution in [2.75, 3.05) is 7.11 Å². The summed E-state index contributed by atoms with van der Waals surface area (Å²) < 4.78 is 32.3. The molecule has 0 fully saturated rings. The van der Waals surface area contributed by atoms with E-state index in [9.17, 15) is 13.2 Å². The molecule has 0 saturated heterocycles. The molecular formula is C19H20N2O4S. The molecule has 0 bridgehead atoms. The van der Waals surface area contributed by atoms with Gasteiger partial charge in [-0.3, -0.25) is 4.79 Å². The number of aromatic amines is 1. The third-order valence-electron chi connectivity index (χ3n) is 4.45. The molecule has 1 aromatic heterocycles. The zero-order valence-electron chi connectivity index (χ0n) is 14.8. The Bertz CT molecular complexity index is 1120. The van der Waals surface area contributed by atoms with Gasteiger partial charge in [0.25, 0.3) is 5.56 Å². The van der Waals surface area contributed by atoms with Crippen molar-refractivity contribution in [1.82, 2.24) is 9.71 Å². The van der Waals surface area contributed by atoms with Crippen LogP contribution in [0.25, 0.3) is 10.9 Å². The number of sulfonamides is 1. The molecule has 0 aliphatic heterocycles. The van der Waals surface area contributed by atoms with E-state index in [1.165, 1.54) is 19.2 Å². The first-order chi connectivity index (χ1) is 12.3. The zero-order chi connectivity index (χ0) is 18.9. The third-order valence-corrected chi connectivity index (χ3v) is 5.87. The van der Waals surface area contributed by atoms with Gasteiger partial charge in [0.2, 0.25) is 10.0 Å². The Morgan fingerprint density at radius 2 is 1.77 bits per heavy atom. The minimum atomic E-state index is -3.73. The van der Waals surface area contributed by atoms with Gasteiger partial charge in [-0.2, -0.15) is 0 Å². The normalized spacial score (nSPS) is 11.7. The molecule has 1 heterocycles. The van der Waals surface area contributed by atoms with Crippen molar-refractivity contribution in [2.24, 2.45) is 0 Å². The highest BCUT2D eigenvalue weighted by molar-refractivity contribution is 7.89.